The van der Waals surface area contributed by atoms with Gasteiger partial charge in [-0.2, -0.15) is 0 Å². The number of hydrogen-bond donors (Lipinski definition) is 14. The number of nitrogens with one attached hydrogen (secondary N) is 3. The van der Waals surface area contributed by atoms with Crippen LogP contribution in [0.3, 0.4) is 0 Å². The Morgan fingerprint density at radius 1 is 0.345 bits per heavy atom. The van der Waals surface area contributed by atoms with E-state index in [1.165, 1.54) is 97.4 Å². The summed E-state index contributed by atoms with van der Waals surface area (Å²) in [6, 6.07) is 0. The maximum Gasteiger partial charge on any atom is 0.386 e. The van der Waals surface area contributed by atoms with E-state index in [1.54, 1.807) is 11.5 Å². The lowest BCUT2D eigenvalue weighted by Crippen LogP contribution is -2.33. The number of aromatic nitrogens is 22. The molecule has 7 unspecified atom stereocenters. The number of anilines is 4. The Morgan fingerprint density at radius 2 is 0.566 bits per heavy atom. The molecular formula is C71H91N26O34P7S7. The summed E-state index contributed by atoms with van der Waals surface area (Å²) in [4.78, 5) is 207. The van der Waals surface area contributed by atoms with Crippen molar-refractivity contribution >= 4 is 198 Å². The van der Waals surface area contributed by atoms with Gasteiger partial charge in [-0.15, -0.1) is 0 Å². The number of H-pyrrole nitrogens is 3. The van der Waals surface area contributed by atoms with Crippen LogP contribution in [0.25, 0.3) is 44.7 Å². The summed E-state index contributed by atoms with van der Waals surface area (Å²) in [5.74, 6) is 0.201. The lowest BCUT2D eigenvalue weighted by Gasteiger charge is -2.28. The topological polar surface area (TPSA) is 775 Å². The number of aryl methyl sites for hydroxylation is 3. The van der Waals surface area contributed by atoms with E-state index < -0.39 is 250 Å². The zero-order valence-corrected chi connectivity index (χ0v) is 87.7. The van der Waals surface area contributed by atoms with Crippen LogP contribution in [0.5, 0.6) is 0 Å². The molecule has 7 aliphatic heterocycles. The summed E-state index contributed by atoms with van der Waals surface area (Å²) < 4.78 is 152. The van der Waals surface area contributed by atoms with E-state index in [2.05, 4.69) is 87.0 Å². The molecule has 18 rings (SSSR count). The molecule has 74 heteroatoms. The van der Waals surface area contributed by atoms with E-state index in [1.807, 2.05) is 0 Å². The third-order valence-corrected chi connectivity index (χ3v) is 35.4. The Hall–Kier alpha value is -7.16. The first kappa shape index (κ1) is 108. The van der Waals surface area contributed by atoms with Gasteiger partial charge in [0.2, 0.25) is 0 Å². The number of nitrogens with zero attached hydrogens (tertiary/aromatic N) is 19. The maximum atomic E-state index is 14.5. The monoisotopic (exact) mass is 2290 g/mol. The summed E-state index contributed by atoms with van der Waals surface area (Å²) in [5.41, 5.74) is 21.9. The summed E-state index contributed by atoms with van der Waals surface area (Å²) in [7, 11) is 1.09. The highest BCUT2D eigenvalue weighted by molar-refractivity contribution is 8.44. The zero-order valence-electron chi connectivity index (χ0n) is 75.6. The summed E-state index contributed by atoms with van der Waals surface area (Å²) in [6.07, 6.45) is -13.2. The van der Waals surface area contributed by atoms with Crippen LogP contribution in [0.1, 0.15) is 112 Å². The van der Waals surface area contributed by atoms with Crippen molar-refractivity contribution in [2.75, 3.05) is 69.7 Å². The van der Waals surface area contributed by atoms with E-state index in [0.717, 1.165) is 27.1 Å². The fourth-order valence-corrected chi connectivity index (χ4v) is 26.9. The first-order chi connectivity index (χ1) is 68.6. The van der Waals surface area contributed by atoms with Gasteiger partial charge in [0.05, 0.1) is 108 Å². The molecule has 0 amide bonds. The molecule has 17 N–H and O–H groups in total. The van der Waals surface area contributed by atoms with Gasteiger partial charge in [0, 0.05) is 87.3 Å². The van der Waals surface area contributed by atoms with E-state index >= 15 is 0 Å². The molecule has 0 aliphatic carbocycles. The number of nitrogen functional groups attached to an aromatic ring is 4. The van der Waals surface area contributed by atoms with E-state index in [0.29, 0.717) is 11.2 Å². The second kappa shape index (κ2) is 43.2. The molecule has 0 radical (unpaired) electrons. The standard InChI is InChI=1S/C71H91N26O34P7S7/c1-30-13-91(69(101)88-66(30)98)47-7-35(126-132(104,139)111-5)41(119-47)16-113-134(106,141)127-36-8-48(92-14-31(2)67(99)89-70(92)102)120-42(36)17-114-136(108,143)130-39-11-52(96-28-86-56-60(74)78-24-82-64(56)96)123-45(39)20-116-135(107,142)128-37-9-49(93-15-32(3)68(100)90-71(93)103)121-43(37)18-115-137(109,144)131-40-12-53(97-29-87-57-61(75)79-25-83-65(57)97)124-46(40)21-117-138(110,145)129-38-10-51(95-27-85-55-59(73)77-23-81-63(55)95)122-44(38)19-112-133(105,140)125-34-6-50(118-33(34)4)94-26-84-54-58(72)76-22-80-62(54)94/h13-15,22-29,33-53H,6-12,16-21H2,1-5H3,(H,104,139)(H,105,140)(H,106,141)(H,107,142)(H,108,143)(H,109,144)(H,110,145)(H2,72,76,80)(H2,73,77,81)(H2,74,78,82)(H2,75,79,83)(H,88,98,101)(H,89,99,102)(H,90,100,103)/t33-,34-,35-,36-,37-,38-,39-,40-,41-,42-,43-,44-,45-,46-,47-,48-,49-,50-,51-,52-,53-,132?,133?,134?,135?,136?,137?,138?/m1/s1. The van der Waals surface area contributed by atoms with Crippen molar-refractivity contribution in [1.29, 1.82) is 0 Å². The van der Waals surface area contributed by atoms with Crippen LogP contribution in [0.2, 0.25) is 0 Å². The van der Waals surface area contributed by atoms with Gasteiger partial charge in [-0.3, -0.25) is 70.4 Å². The maximum absolute atomic E-state index is 14.5. The van der Waals surface area contributed by atoms with Crippen molar-refractivity contribution in [3.05, 3.63) is 148 Å². The molecular weight excluding hydrogens is 2200 g/mol. The molecule has 0 aromatic carbocycles. The van der Waals surface area contributed by atoms with Gasteiger partial charge < -0.3 is 140 Å². The Labute approximate surface area is 849 Å². The Bertz CT molecular complexity index is 7520. The van der Waals surface area contributed by atoms with Crippen LogP contribution in [-0.2, 0) is 172 Å². The number of nitrogens with two attached hydrogens (primary N) is 4. The van der Waals surface area contributed by atoms with Crippen LogP contribution in [0.15, 0.2) is 98.0 Å². The number of aromatic amines is 3. The Morgan fingerprint density at radius 3 is 0.828 bits per heavy atom. The quantitative estimate of drug-likeness (QED) is 0.0193. The summed E-state index contributed by atoms with van der Waals surface area (Å²) >= 11 is 37.9. The van der Waals surface area contributed by atoms with Gasteiger partial charge in [0.25, 0.3) is 16.7 Å². The number of thiol groups is 1. The number of ether oxygens (including phenoxy) is 7. The minimum Gasteiger partial charge on any atom is -0.382 e. The van der Waals surface area contributed by atoms with Gasteiger partial charge in [0.15, 0.2) is 45.9 Å². The van der Waals surface area contributed by atoms with Gasteiger partial charge in [0.1, 0.15) is 134 Å². The third kappa shape index (κ3) is 24.5. The number of fused-ring (bicyclic) bond motifs is 4. The lowest BCUT2D eigenvalue weighted by atomic mass is 10.2. The van der Waals surface area contributed by atoms with Crippen LogP contribution in [-0.4, -0.2) is 268 Å². The molecule has 18 heterocycles. The molecule has 0 saturated carbocycles. The number of imidazole rings is 4. The van der Waals surface area contributed by atoms with Gasteiger partial charge in [-0.1, -0.05) is 12.2 Å². The second-order valence-electron chi connectivity index (χ2n) is 33.7. The second-order valence-corrected chi connectivity index (χ2v) is 53.5. The molecule has 786 valence electrons. The van der Waals surface area contributed by atoms with Crippen molar-refractivity contribution < 1.29 is 130 Å². The first-order valence-corrected chi connectivity index (χ1v) is 61.6. The zero-order chi connectivity index (χ0) is 103. The number of rotatable bonds is 40. The van der Waals surface area contributed by atoms with Crippen molar-refractivity contribution in [1.82, 2.24) is 107 Å². The average Bonchev–Trinajstić information content (AvgIpc) is 1.62. The van der Waals surface area contributed by atoms with Crippen LogP contribution in [0, 0.1) is 20.8 Å². The summed E-state index contributed by atoms with van der Waals surface area (Å²) in [5, 5.41) is 0. The van der Waals surface area contributed by atoms with Gasteiger partial charge in [-0.25, -0.2) is 78.8 Å². The lowest BCUT2D eigenvalue weighted by molar-refractivity contribution is -0.0568. The Balaban J connectivity index is 0.558. The van der Waals surface area contributed by atoms with E-state index in [-0.39, 0.29) is 118 Å². The predicted octanol–water partition coefficient (Wildman–Crippen LogP) is 2.06. The van der Waals surface area contributed by atoms with Crippen molar-refractivity contribution in [3.8, 4) is 0 Å². The molecule has 7 saturated heterocycles. The third-order valence-electron chi connectivity index (χ3n) is 24.1. The Kier molecular flexibility index (Phi) is 32.1. The highest BCUT2D eigenvalue weighted by Gasteiger charge is 2.52. The minimum absolute atomic E-state index is 0.00910. The molecule has 11 aromatic rings. The fourth-order valence-electron chi connectivity index (χ4n) is 17.0. The molecule has 145 heavy (non-hydrogen) atoms. The van der Waals surface area contributed by atoms with Crippen molar-refractivity contribution in [2.24, 2.45) is 0 Å². The molecule has 7 fully saturated rings. The molecule has 11 aromatic heterocycles. The molecule has 0 spiro atoms. The average molecular weight is 2290 g/mol. The SMILES string of the molecule is COP(O)(=S)O[C@@H]1C[C@H](n2cc(C)c(=O)[nH]c2=O)O[C@@H]1COP(=O)(S)O[C@@H]1C[C@H](n2cc(C)c(=O)[nH]c2=O)O[C@@H]1COP(O)(=S)O[C@@H]1C[C@H](n2cnc3c(N)ncnc32)O[C@@H]1COP(O)(=S)O[C@@H]1C[C@H](n2cc(C)c(=O)[nH]c2=O)O[C@@H]1COP(O)(=S)O[C@@H]1C[C@H](n2cnc3c(N)ncnc32)O[C@@H]1COP(O)(=S)O[C@@H]1C[C@H](n2cnc3c(N)ncnc32)O[C@@H]1COP(O)(=S)O[C@@H]1C[C@H](n2cnc3c(N)ncnc32)O[C@@H]1C. The van der Waals surface area contributed by atoms with Crippen LogP contribution in [0.4, 0.5) is 23.3 Å². The largest absolute Gasteiger partial charge is 0.386 e. The fraction of sp³-hybridized carbons (Fsp3) is 0.549. The first-order valence-electron chi connectivity index (χ1n) is 43.4. The molecule has 60 nitrogen and oxygen atoms in total. The van der Waals surface area contributed by atoms with E-state index in [9.17, 15) is 62.7 Å². The van der Waals surface area contributed by atoms with Crippen LogP contribution >= 0.6 is 59.4 Å². The minimum atomic E-state index is -4.74. The molecule has 7 aliphatic rings. The van der Waals surface area contributed by atoms with Gasteiger partial charge in [-0.05, 0) is 98.5 Å². The van der Waals surface area contributed by atoms with Crippen molar-refractivity contribution in [3.63, 3.8) is 0 Å². The smallest absolute Gasteiger partial charge is 0.382 e. The van der Waals surface area contributed by atoms with Gasteiger partial charge >= 0.3 is 64.2 Å². The molecule has 28 atom stereocenters. The highest BCUT2D eigenvalue weighted by Crippen LogP contribution is 2.61. The predicted molar refractivity (Wildman–Crippen MR) is 525 cm³/mol. The molecule has 0 bridgehead atoms. The highest BCUT2D eigenvalue weighted by atomic mass is 32.7. The number of hydrogen-bond acceptors (Lipinski definition) is 50. The summed E-state index contributed by atoms with van der Waals surface area (Å²) in [6.45, 7) is -29.9. The van der Waals surface area contributed by atoms with Crippen molar-refractivity contribution in [2.45, 2.75) is 202 Å². The van der Waals surface area contributed by atoms with Crippen LogP contribution < -0.4 is 56.7 Å². The normalized spacial score (nSPS) is 29.6. The van der Waals surface area contributed by atoms with E-state index in [4.69, 9.17) is 190 Å².